The van der Waals surface area contributed by atoms with Crippen LogP contribution < -0.4 is 0 Å². The first kappa shape index (κ1) is 15.7. The molecule has 106 valence electrons. The number of halogens is 1. The molecule has 1 unspecified atom stereocenters. The second-order valence-electron chi connectivity index (χ2n) is 5.07. The fraction of sp³-hybridized carbons (Fsp3) is 0.562. The van der Waals surface area contributed by atoms with E-state index in [1.54, 1.807) is 12.1 Å². The van der Waals surface area contributed by atoms with Crippen molar-refractivity contribution >= 4 is 5.97 Å². The van der Waals surface area contributed by atoms with Crippen molar-refractivity contribution < 1.29 is 14.3 Å². The van der Waals surface area contributed by atoms with Crippen LogP contribution in [-0.2, 0) is 11.2 Å². The first-order valence-corrected chi connectivity index (χ1v) is 7.10. The fourth-order valence-electron chi connectivity index (χ4n) is 2.26. The number of rotatable bonds is 9. The molecule has 1 aromatic carbocycles. The molecule has 1 atom stereocenters. The van der Waals surface area contributed by atoms with Crippen LogP contribution in [0.15, 0.2) is 24.3 Å². The molecule has 2 nitrogen and oxygen atoms in total. The normalized spacial score (nSPS) is 12.3. The number of carboxylic acids is 1. The van der Waals surface area contributed by atoms with E-state index < -0.39 is 11.9 Å². The number of benzene rings is 1. The number of carboxylic acid groups (broad SMARTS) is 1. The number of carbonyl (C=O) groups is 1. The minimum Gasteiger partial charge on any atom is -0.481 e. The second-order valence-corrected chi connectivity index (χ2v) is 5.07. The first-order chi connectivity index (χ1) is 9.13. The molecular weight excluding hydrogens is 243 g/mol. The predicted molar refractivity (Wildman–Crippen MR) is 74.6 cm³/mol. The number of hydrogen-bond acceptors (Lipinski definition) is 1. The number of hydrogen-bond donors (Lipinski definition) is 1. The van der Waals surface area contributed by atoms with Crippen LogP contribution in [-0.4, -0.2) is 11.1 Å². The van der Waals surface area contributed by atoms with Gasteiger partial charge in [0, 0.05) is 0 Å². The molecule has 0 spiro atoms. The SMILES string of the molecule is CCCCCCCC(Cc1cccc(F)c1)C(=O)O. The van der Waals surface area contributed by atoms with Crippen LogP contribution in [0, 0.1) is 11.7 Å². The molecule has 0 aliphatic carbocycles. The molecule has 0 saturated carbocycles. The van der Waals surface area contributed by atoms with Gasteiger partial charge in [0.2, 0.25) is 0 Å². The summed E-state index contributed by atoms with van der Waals surface area (Å²) in [5.74, 6) is -1.48. The summed E-state index contributed by atoms with van der Waals surface area (Å²) >= 11 is 0. The summed E-state index contributed by atoms with van der Waals surface area (Å²) in [7, 11) is 0. The minimum absolute atomic E-state index is 0.301. The van der Waals surface area contributed by atoms with Crippen molar-refractivity contribution in [2.45, 2.75) is 51.9 Å². The van der Waals surface area contributed by atoms with Gasteiger partial charge in [0.1, 0.15) is 5.82 Å². The molecular formula is C16H23FO2. The van der Waals surface area contributed by atoms with E-state index in [2.05, 4.69) is 6.92 Å². The van der Waals surface area contributed by atoms with E-state index >= 15 is 0 Å². The third-order valence-corrected chi connectivity index (χ3v) is 3.38. The van der Waals surface area contributed by atoms with E-state index in [0.29, 0.717) is 12.8 Å². The maximum absolute atomic E-state index is 13.1. The molecule has 0 radical (unpaired) electrons. The van der Waals surface area contributed by atoms with Gasteiger partial charge >= 0.3 is 5.97 Å². The highest BCUT2D eigenvalue weighted by Crippen LogP contribution is 2.18. The molecule has 1 rings (SSSR count). The first-order valence-electron chi connectivity index (χ1n) is 7.10. The zero-order chi connectivity index (χ0) is 14.1. The summed E-state index contributed by atoms with van der Waals surface area (Å²) in [5.41, 5.74) is 0.765. The lowest BCUT2D eigenvalue weighted by Gasteiger charge is -2.12. The zero-order valence-corrected chi connectivity index (χ0v) is 11.6. The van der Waals surface area contributed by atoms with Gasteiger partial charge in [0.25, 0.3) is 0 Å². The van der Waals surface area contributed by atoms with Gasteiger partial charge in [-0.3, -0.25) is 4.79 Å². The molecule has 0 bridgehead atoms. The number of aliphatic carboxylic acids is 1. The van der Waals surface area contributed by atoms with Crippen LogP contribution in [0.1, 0.15) is 51.0 Å². The van der Waals surface area contributed by atoms with Gasteiger partial charge in [0.15, 0.2) is 0 Å². The topological polar surface area (TPSA) is 37.3 Å². The highest BCUT2D eigenvalue weighted by Gasteiger charge is 2.17. The van der Waals surface area contributed by atoms with Crippen LogP contribution in [0.25, 0.3) is 0 Å². The Bertz CT molecular complexity index is 390. The Morgan fingerprint density at radius 3 is 2.63 bits per heavy atom. The van der Waals surface area contributed by atoms with Gasteiger partial charge in [-0.05, 0) is 30.5 Å². The third kappa shape index (κ3) is 6.37. The molecule has 0 aromatic heterocycles. The summed E-state index contributed by atoms with van der Waals surface area (Å²) in [6.07, 6.45) is 6.68. The Labute approximate surface area is 114 Å². The lowest BCUT2D eigenvalue weighted by Crippen LogP contribution is -2.16. The van der Waals surface area contributed by atoms with Gasteiger partial charge in [-0.25, -0.2) is 4.39 Å². The molecule has 0 aliphatic rings. The summed E-state index contributed by atoms with van der Waals surface area (Å²) in [6.45, 7) is 2.16. The van der Waals surface area contributed by atoms with Crippen LogP contribution in [0.5, 0.6) is 0 Å². The molecule has 0 fully saturated rings. The Kier molecular flexibility index (Phi) is 7.16. The molecule has 0 saturated heterocycles. The second kappa shape index (κ2) is 8.68. The third-order valence-electron chi connectivity index (χ3n) is 3.38. The van der Waals surface area contributed by atoms with Crippen LogP contribution >= 0.6 is 0 Å². The molecule has 3 heteroatoms. The van der Waals surface area contributed by atoms with Crippen LogP contribution in [0.2, 0.25) is 0 Å². The summed E-state index contributed by atoms with van der Waals surface area (Å²) in [4.78, 5) is 11.2. The Morgan fingerprint density at radius 2 is 2.00 bits per heavy atom. The minimum atomic E-state index is -0.778. The number of unbranched alkanes of at least 4 members (excludes halogenated alkanes) is 4. The van der Waals surface area contributed by atoms with Gasteiger partial charge in [-0.1, -0.05) is 51.2 Å². The smallest absolute Gasteiger partial charge is 0.306 e. The van der Waals surface area contributed by atoms with Crippen molar-refractivity contribution in [2.75, 3.05) is 0 Å². The van der Waals surface area contributed by atoms with Crippen molar-refractivity contribution in [2.24, 2.45) is 5.92 Å². The summed E-state index contributed by atoms with van der Waals surface area (Å²) in [6, 6.07) is 6.22. The van der Waals surface area contributed by atoms with E-state index in [1.807, 2.05) is 0 Å². The quantitative estimate of drug-likeness (QED) is 0.671. The van der Waals surface area contributed by atoms with Gasteiger partial charge < -0.3 is 5.11 Å². The molecule has 19 heavy (non-hydrogen) atoms. The molecule has 0 amide bonds. The fourth-order valence-corrected chi connectivity index (χ4v) is 2.26. The lowest BCUT2D eigenvalue weighted by atomic mass is 9.93. The van der Waals surface area contributed by atoms with Gasteiger partial charge in [-0.2, -0.15) is 0 Å². The van der Waals surface area contributed by atoms with E-state index in [9.17, 15) is 14.3 Å². The largest absolute Gasteiger partial charge is 0.481 e. The van der Waals surface area contributed by atoms with Crippen LogP contribution in [0.3, 0.4) is 0 Å². The average molecular weight is 266 g/mol. The highest BCUT2D eigenvalue weighted by molar-refractivity contribution is 5.70. The van der Waals surface area contributed by atoms with Crippen molar-refractivity contribution in [1.82, 2.24) is 0 Å². The van der Waals surface area contributed by atoms with E-state index in [4.69, 9.17) is 0 Å². The van der Waals surface area contributed by atoms with Crippen molar-refractivity contribution in [3.63, 3.8) is 0 Å². The highest BCUT2D eigenvalue weighted by atomic mass is 19.1. The molecule has 1 aromatic rings. The molecule has 1 N–H and O–H groups in total. The van der Waals surface area contributed by atoms with Gasteiger partial charge in [-0.15, -0.1) is 0 Å². The predicted octanol–water partition coefficient (Wildman–Crippen LogP) is 4.43. The molecule has 0 heterocycles. The van der Waals surface area contributed by atoms with Crippen molar-refractivity contribution in [3.05, 3.63) is 35.6 Å². The van der Waals surface area contributed by atoms with Crippen molar-refractivity contribution in [3.8, 4) is 0 Å². The Balaban J connectivity index is 2.42. The van der Waals surface area contributed by atoms with Crippen molar-refractivity contribution in [1.29, 1.82) is 0 Å². The average Bonchev–Trinajstić information content (AvgIpc) is 2.37. The van der Waals surface area contributed by atoms with E-state index in [0.717, 1.165) is 18.4 Å². The standard InChI is InChI=1S/C16H23FO2/c1-2-3-4-5-6-9-14(16(18)19)11-13-8-7-10-15(17)12-13/h7-8,10,12,14H,2-6,9,11H2,1H3,(H,18,19). The maximum Gasteiger partial charge on any atom is 0.306 e. The Hall–Kier alpha value is -1.38. The van der Waals surface area contributed by atoms with E-state index in [-0.39, 0.29) is 5.82 Å². The maximum atomic E-state index is 13.1. The molecule has 0 aliphatic heterocycles. The summed E-state index contributed by atoms with van der Waals surface area (Å²) < 4.78 is 13.1. The monoisotopic (exact) mass is 266 g/mol. The Morgan fingerprint density at radius 1 is 1.26 bits per heavy atom. The lowest BCUT2D eigenvalue weighted by molar-refractivity contribution is -0.142. The van der Waals surface area contributed by atoms with Crippen LogP contribution in [0.4, 0.5) is 4.39 Å². The van der Waals surface area contributed by atoms with E-state index in [1.165, 1.54) is 31.4 Å². The zero-order valence-electron chi connectivity index (χ0n) is 11.6. The summed E-state index contributed by atoms with van der Waals surface area (Å²) in [5, 5.41) is 9.21. The van der Waals surface area contributed by atoms with Gasteiger partial charge in [0.05, 0.1) is 5.92 Å².